The van der Waals surface area contributed by atoms with Crippen LogP contribution >= 0.6 is 11.6 Å². The fourth-order valence-electron chi connectivity index (χ4n) is 3.15. The number of nitrogens with one attached hydrogen (secondary N) is 1. The van der Waals surface area contributed by atoms with Crippen molar-refractivity contribution in [2.75, 3.05) is 19.5 Å². The van der Waals surface area contributed by atoms with E-state index in [1.807, 2.05) is 6.07 Å². The molecule has 4 rings (SSSR count). The number of aromatic nitrogens is 1. The minimum Gasteiger partial charge on any atom is -0.493 e. The van der Waals surface area contributed by atoms with Crippen molar-refractivity contribution >= 4 is 34.3 Å². The number of rotatable bonds is 7. The molecule has 0 saturated heterocycles. The summed E-state index contributed by atoms with van der Waals surface area (Å²) >= 11 is 5.86. The molecule has 0 aliphatic rings. The Kier molecular flexibility index (Phi) is 6.80. The highest BCUT2D eigenvalue weighted by atomic mass is 35.5. The average molecular weight is 465 g/mol. The maximum Gasteiger partial charge on any atom is 0.411 e. The van der Waals surface area contributed by atoms with Gasteiger partial charge in [0.2, 0.25) is 0 Å². The van der Waals surface area contributed by atoms with Gasteiger partial charge in [0.05, 0.1) is 19.7 Å². The Hall–Kier alpha value is -3.97. The molecule has 0 saturated carbocycles. The first-order valence-electron chi connectivity index (χ1n) is 10.0. The second-order valence-electron chi connectivity index (χ2n) is 6.99. The van der Waals surface area contributed by atoms with E-state index < -0.39 is 6.09 Å². The van der Waals surface area contributed by atoms with Gasteiger partial charge in [0.25, 0.3) is 0 Å². The zero-order chi connectivity index (χ0) is 23.2. The van der Waals surface area contributed by atoms with Crippen LogP contribution in [0.1, 0.15) is 5.56 Å². The maximum absolute atomic E-state index is 12.1. The van der Waals surface area contributed by atoms with Crippen LogP contribution in [0.25, 0.3) is 10.9 Å². The fraction of sp³-hybridized carbons (Fsp3) is 0.120. The van der Waals surface area contributed by atoms with Gasteiger partial charge in [0.1, 0.15) is 18.1 Å². The van der Waals surface area contributed by atoms with Gasteiger partial charge >= 0.3 is 6.09 Å². The summed E-state index contributed by atoms with van der Waals surface area (Å²) in [6.45, 7) is 0.146. The molecular weight excluding hydrogens is 444 g/mol. The van der Waals surface area contributed by atoms with E-state index in [0.717, 1.165) is 10.9 Å². The molecule has 3 aromatic carbocycles. The molecule has 1 heterocycles. The standard InChI is InChI=1S/C25H21ClN2O5/c1-30-23-13-20-21(14-24(23)31-2)27-12-11-22(20)33-19-9-7-18(8-10-19)28-25(29)32-15-16-3-5-17(26)6-4-16/h3-14H,15H2,1-2H3,(H,28,29). The van der Waals surface area contributed by atoms with E-state index in [4.69, 9.17) is 30.5 Å². The van der Waals surface area contributed by atoms with Gasteiger partial charge in [-0.15, -0.1) is 0 Å². The highest BCUT2D eigenvalue weighted by molar-refractivity contribution is 6.30. The summed E-state index contributed by atoms with van der Waals surface area (Å²) in [7, 11) is 3.15. The number of methoxy groups -OCH3 is 2. The summed E-state index contributed by atoms with van der Waals surface area (Å²) in [5, 5.41) is 4.10. The first kappa shape index (κ1) is 22.2. The predicted octanol–water partition coefficient (Wildman–Crippen LogP) is 6.45. The molecule has 0 unspecified atom stereocenters. The molecule has 0 aliphatic heterocycles. The van der Waals surface area contributed by atoms with E-state index in [1.165, 1.54) is 0 Å². The van der Waals surface area contributed by atoms with Gasteiger partial charge < -0.3 is 18.9 Å². The zero-order valence-electron chi connectivity index (χ0n) is 18.0. The number of fused-ring (bicyclic) bond motifs is 1. The smallest absolute Gasteiger partial charge is 0.411 e. The molecule has 8 heteroatoms. The van der Waals surface area contributed by atoms with Gasteiger partial charge in [-0.25, -0.2) is 4.79 Å². The van der Waals surface area contributed by atoms with Gasteiger partial charge in [0, 0.05) is 28.4 Å². The lowest BCUT2D eigenvalue weighted by Gasteiger charge is -2.13. The molecule has 1 aromatic heterocycles. The van der Waals surface area contributed by atoms with Gasteiger partial charge in [-0.2, -0.15) is 0 Å². The molecule has 7 nitrogen and oxygen atoms in total. The number of halogens is 1. The molecule has 1 N–H and O–H groups in total. The summed E-state index contributed by atoms with van der Waals surface area (Å²) in [4.78, 5) is 16.4. The molecule has 0 atom stereocenters. The quantitative estimate of drug-likeness (QED) is 0.338. The Bertz CT molecular complexity index is 1260. The van der Waals surface area contributed by atoms with Crippen LogP contribution in [0.15, 0.2) is 72.9 Å². The molecular formula is C25H21ClN2O5. The third-order valence-electron chi connectivity index (χ3n) is 4.82. The lowest BCUT2D eigenvalue weighted by atomic mass is 10.2. The lowest BCUT2D eigenvalue weighted by Crippen LogP contribution is -2.13. The highest BCUT2D eigenvalue weighted by Gasteiger charge is 2.11. The first-order valence-corrected chi connectivity index (χ1v) is 10.4. The van der Waals surface area contributed by atoms with E-state index in [1.54, 1.807) is 81.1 Å². The van der Waals surface area contributed by atoms with Crippen LogP contribution in [0, 0.1) is 0 Å². The van der Waals surface area contributed by atoms with E-state index in [-0.39, 0.29) is 6.61 Å². The van der Waals surface area contributed by atoms with Crippen LogP contribution in [-0.4, -0.2) is 25.3 Å². The third kappa shape index (κ3) is 5.45. The van der Waals surface area contributed by atoms with E-state index in [2.05, 4.69) is 10.3 Å². The SMILES string of the molecule is COc1cc2nccc(Oc3ccc(NC(=O)OCc4ccc(Cl)cc4)cc3)c2cc1OC. The largest absolute Gasteiger partial charge is 0.493 e. The van der Waals surface area contributed by atoms with E-state index in [0.29, 0.717) is 39.2 Å². The Balaban J connectivity index is 1.41. The lowest BCUT2D eigenvalue weighted by molar-refractivity contribution is 0.155. The summed E-state index contributed by atoms with van der Waals surface area (Å²) < 4.78 is 22.0. The first-order chi connectivity index (χ1) is 16.1. The Morgan fingerprint density at radius 3 is 2.30 bits per heavy atom. The summed E-state index contributed by atoms with van der Waals surface area (Å²) in [6, 6.07) is 19.4. The van der Waals surface area contributed by atoms with Crippen molar-refractivity contribution in [3.63, 3.8) is 0 Å². The van der Waals surface area contributed by atoms with Crippen LogP contribution < -0.4 is 19.5 Å². The number of carbonyl (C=O) groups excluding carboxylic acids is 1. The normalized spacial score (nSPS) is 10.5. The van der Waals surface area contributed by atoms with Gasteiger partial charge in [0.15, 0.2) is 11.5 Å². The van der Waals surface area contributed by atoms with E-state index in [9.17, 15) is 4.79 Å². The minimum atomic E-state index is -0.556. The Labute approximate surface area is 195 Å². The van der Waals surface area contributed by atoms with Crippen LogP contribution in [0.5, 0.6) is 23.0 Å². The second-order valence-corrected chi connectivity index (χ2v) is 7.42. The third-order valence-corrected chi connectivity index (χ3v) is 5.07. The number of amides is 1. The molecule has 168 valence electrons. The van der Waals surface area contributed by atoms with Crippen molar-refractivity contribution in [1.82, 2.24) is 4.98 Å². The van der Waals surface area contributed by atoms with Crippen LogP contribution in [0.3, 0.4) is 0 Å². The molecule has 33 heavy (non-hydrogen) atoms. The van der Waals surface area contributed by atoms with Crippen molar-refractivity contribution < 1.29 is 23.7 Å². The molecule has 0 fully saturated rings. The van der Waals surface area contributed by atoms with Crippen LogP contribution in [0.4, 0.5) is 10.5 Å². The van der Waals surface area contributed by atoms with Crippen molar-refractivity contribution in [3.05, 3.63) is 83.5 Å². The van der Waals surface area contributed by atoms with Crippen molar-refractivity contribution in [1.29, 1.82) is 0 Å². The van der Waals surface area contributed by atoms with E-state index >= 15 is 0 Å². The summed E-state index contributed by atoms with van der Waals surface area (Å²) in [6.07, 6.45) is 1.11. The number of pyridine rings is 1. The van der Waals surface area contributed by atoms with Crippen molar-refractivity contribution in [3.8, 4) is 23.0 Å². The highest BCUT2D eigenvalue weighted by Crippen LogP contribution is 2.37. The summed E-state index contributed by atoms with van der Waals surface area (Å²) in [5.74, 6) is 2.38. The topological polar surface area (TPSA) is 78.9 Å². The Morgan fingerprint density at radius 2 is 1.61 bits per heavy atom. The summed E-state index contributed by atoms with van der Waals surface area (Å²) in [5.41, 5.74) is 2.14. The molecule has 0 bridgehead atoms. The van der Waals surface area contributed by atoms with Crippen LogP contribution in [-0.2, 0) is 11.3 Å². The zero-order valence-corrected chi connectivity index (χ0v) is 18.8. The van der Waals surface area contributed by atoms with Gasteiger partial charge in [-0.1, -0.05) is 23.7 Å². The number of nitrogens with zero attached hydrogens (tertiary/aromatic N) is 1. The van der Waals surface area contributed by atoms with Crippen molar-refractivity contribution in [2.45, 2.75) is 6.61 Å². The molecule has 1 amide bonds. The Morgan fingerprint density at radius 1 is 0.909 bits per heavy atom. The number of hydrogen-bond acceptors (Lipinski definition) is 6. The fourth-order valence-corrected chi connectivity index (χ4v) is 3.28. The van der Waals surface area contributed by atoms with Crippen LogP contribution in [0.2, 0.25) is 5.02 Å². The van der Waals surface area contributed by atoms with Gasteiger partial charge in [-0.05, 0) is 54.1 Å². The van der Waals surface area contributed by atoms with Gasteiger partial charge in [-0.3, -0.25) is 10.3 Å². The number of ether oxygens (including phenoxy) is 4. The van der Waals surface area contributed by atoms with Crippen molar-refractivity contribution in [2.24, 2.45) is 0 Å². The average Bonchev–Trinajstić information content (AvgIpc) is 2.84. The number of anilines is 1. The number of carbonyl (C=O) groups is 1. The second kappa shape index (κ2) is 10.1. The number of hydrogen-bond donors (Lipinski definition) is 1. The monoisotopic (exact) mass is 464 g/mol. The molecule has 0 radical (unpaired) electrons. The molecule has 0 aliphatic carbocycles. The number of benzene rings is 3. The maximum atomic E-state index is 12.1. The molecule has 0 spiro atoms. The minimum absolute atomic E-state index is 0.146. The molecule has 4 aromatic rings. The predicted molar refractivity (Wildman–Crippen MR) is 127 cm³/mol.